The lowest BCUT2D eigenvalue weighted by atomic mass is 10.2. The number of aryl methyl sites for hydroxylation is 2. The first-order valence-corrected chi connectivity index (χ1v) is 10.0. The van der Waals surface area contributed by atoms with E-state index in [4.69, 9.17) is 0 Å². The molecule has 0 aliphatic carbocycles. The largest absolute Gasteiger partial charge is 0.358 e. The van der Waals surface area contributed by atoms with Crippen molar-refractivity contribution in [2.24, 2.45) is 0 Å². The zero-order valence-corrected chi connectivity index (χ0v) is 17.7. The molecular formula is C23H24N6O2. The molecule has 158 valence electrons. The Balaban J connectivity index is 1.49. The lowest BCUT2D eigenvalue weighted by Crippen LogP contribution is -2.30. The van der Waals surface area contributed by atoms with Gasteiger partial charge >= 0.3 is 0 Å². The summed E-state index contributed by atoms with van der Waals surface area (Å²) in [6.07, 6.45) is 3.81. The van der Waals surface area contributed by atoms with Crippen LogP contribution in [0, 0.1) is 6.92 Å². The van der Waals surface area contributed by atoms with Crippen molar-refractivity contribution < 1.29 is 4.79 Å². The Morgan fingerprint density at radius 1 is 1.10 bits per heavy atom. The fourth-order valence-corrected chi connectivity index (χ4v) is 3.49. The summed E-state index contributed by atoms with van der Waals surface area (Å²) >= 11 is 0. The molecule has 0 fully saturated rings. The van der Waals surface area contributed by atoms with E-state index in [0.717, 1.165) is 17.0 Å². The number of nitrogens with zero attached hydrogens (tertiary/aromatic N) is 5. The predicted octanol–water partition coefficient (Wildman–Crippen LogP) is 2.99. The van der Waals surface area contributed by atoms with Crippen molar-refractivity contribution in [1.82, 2.24) is 19.1 Å². The first-order valence-electron chi connectivity index (χ1n) is 10.0. The zero-order chi connectivity index (χ0) is 22.0. The molecular weight excluding hydrogens is 392 g/mol. The fraction of sp³-hybridized carbons (Fsp3) is 0.217. The zero-order valence-electron chi connectivity index (χ0n) is 17.7. The highest BCUT2D eigenvalue weighted by Gasteiger charge is 2.13. The highest BCUT2D eigenvalue weighted by atomic mass is 16.2. The lowest BCUT2D eigenvalue weighted by Gasteiger charge is -2.16. The molecule has 4 aromatic rings. The molecule has 0 aliphatic heterocycles. The van der Waals surface area contributed by atoms with Crippen LogP contribution >= 0.6 is 0 Å². The molecule has 8 nitrogen and oxygen atoms in total. The van der Waals surface area contributed by atoms with Gasteiger partial charge in [0.15, 0.2) is 5.82 Å². The number of anilines is 2. The Hall–Kier alpha value is -3.94. The molecule has 0 atom stereocenters. The van der Waals surface area contributed by atoms with Gasteiger partial charge in [0.05, 0.1) is 11.0 Å². The summed E-state index contributed by atoms with van der Waals surface area (Å²) < 4.78 is 3.58. The third-order valence-electron chi connectivity index (χ3n) is 5.08. The average molecular weight is 416 g/mol. The highest BCUT2D eigenvalue weighted by Crippen LogP contribution is 2.16. The summed E-state index contributed by atoms with van der Waals surface area (Å²) in [7, 11) is 3.56. The molecule has 4 rings (SSSR count). The molecule has 1 amide bonds. The number of hydrogen-bond acceptors (Lipinski definition) is 5. The van der Waals surface area contributed by atoms with Crippen LogP contribution in [0.1, 0.15) is 12.2 Å². The maximum Gasteiger partial charge on any atom is 0.293 e. The predicted molar refractivity (Wildman–Crippen MR) is 122 cm³/mol. The summed E-state index contributed by atoms with van der Waals surface area (Å²) in [4.78, 5) is 35.8. The molecule has 0 bridgehead atoms. The number of fused-ring (bicyclic) bond motifs is 1. The molecule has 0 unspecified atom stereocenters. The Kier molecular flexibility index (Phi) is 5.53. The minimum absolute atomic E-state index is 0.161. The van der Waals surface area contributed by atoms with E-state index < -0.39 is 0 Å². The SMILES string of the molecule is Cc1nccn1-c1ccc(NC(=O)CCn2c(=O)c(N(C)C)nc3ccccc32)cc1. The van der Waals surface area contributed by atoms with E-state index >= 15 is 0 Å². The third kappa shape index (κ3) is 4.18. The van der Waals surface area contributed by atoms with Crippen molar-refractivity contribution in [3.8, 4) is 5.69 Å². The van der Waals surface area contributed by atoms with E-state index in [1.807, 2.05) is 66.2 Å². The molecule has 2 aromatic heterocycles. The molecule has 8 heteroatoms. The van der Waals surface area contributed by atoms with E-state index in [0.29, 0.717) is 17.0 Å². The Bertz CT molecular complexity index is 1290. The molecule has 2 aromatic carbocycles. The second kappa shape index (κ2) is 8.43. The number of imidazole rings is 1. The monoisotopic (exact) mass is 416 g/mol. The number of benzene rings is 2. The topological polar surface area (TPSA) is 85.0 Å². The van der Waals surface area contributed by atoms with Crippen LogP contribution in [0.5, 0.6) is 0 Å². The summed E-state index contributed by atoms with van der Waals surface area (Å²) in [5.41, 5.74) is 2.89. The van der Waals surface area contributed by atoms with E-state index in [-0.39, 0.29) is 24.4 Å². The number of carbonyl (C=O) groups is 1. The molecule has 2 heterocycles. The minimum atomic E-state index is -0.212. The lowest BCUT2D eigenvalue weighted by molar-refractivity contribution is -0.116. The molecule has 0 saturated carbocycles. The molecule has 0 saturated heterocycles. The Morgan fingerprint density at radius 2 is 1.84 bits per heavy atom. The van der Waals surface area contributed by atoms with Crippen LogP contribution in [-0.2, 0) is 11.3 Å². The van der Waals surface area contributed by atoms with Crippen LogP contribution in [0.25, 0.3) is 16.7 Å². The van der Waals surface area contributed by atoms with Gasteiger partial charge in [0, 0.05) is 50.8 Å². The van der Waals surface area contributed by atoms with E-state index in [2.05, 4.69) is 15.3 Å². The van der Waals surface area contributed by atoms with Gasteiger partial charge in [-0.25, -0.2) is 9.97 Å². The number of para-hydroxylation sites is 2. The van der Waals surface area contributed by atoms with Gasteiger partial charge in [-0.15, -0.1) is 0 Å². The first kappa shape index (κ1) is 20.3. The number of carbonyl (C=O) groups excluding carboxylic acids is 1. The van der Waals surface area contributed by atoms with E-state index in [1.54, 1.807) is 29.8 Å². The molecule has 1 N–H and O–H groups in total. The molecule has 0 aliphatic rings. The standard InChI is InChI=1S/C23H24N6O2/c1-16-24-13-15-28(16)18-10-8-17(9-11-18)25-21(30)12-14-29-20-7-5-4-6-19(20)26-22(23(29)31)27(2)3/h4-11,13,15H,12,14H2,1-3H3,(H,25,30). The van der Waals surface area contributed by atoms with Crippen LogP contribution in [0.3, 0.4) is 0 Å². The van der Waals surface area contributed by atoms with Gasteiger partial charge in [-0.3, -0.25) is 9.59 Å². The molecule has 31 heavy (non-hydrogen) atoms. The minimum Gasteiger partial charge on any atom is -0.358 e. The maximum absolute atomic E-state index is 12.9. The smallest absolute Gasteiger partial charge is 0.293 e. The van der Waals surface area contributed by atoms with Gasteiger partial charge in [-0.05, 0) is 43.3 Å². The number of hydrogen-bond donors (Lipinski definition) is 1. The molecule has 0 spiro atoms. The van der Waals surface area contributed by atoms with Gasteiger partial charge in [-0.1, -0.05) is 12.1 Å². The van der Waals surface area contributed by atoms with Gasteiger partial charge < -0.3 is 19.4 Å². The first-order chi connectivity index (χ1) is 14.9. The van der Waals surface area contributed by atoms with Crippen LogP contribution < -0.4 is 15.8 Å². The van der Waals surface area contributed by atoms with Crippen molar-refractivity contribution in [2.75, 3.05) is 24.3 Å². The van der Waals surface area contributed by atoms with Gasteiger partial charge in [0.1, 0.15) is 5.82 Å². The number of amides is 1. The van der Waals surface area contributed by atoms with E-state index in [1.165, 1.54) is 0 Å². The summed E-state index contributed by atoms with van der Waals surface area (Å²) in [5, 5.41) is 2.90. The van der Waals surface area contributed by atoms with Crippen molar-refractivity contribution in [2.45, 2.75) is 19.9 Å². The van der Waals surface area contributed by atoms with Crippen LogP contribution in [0.4, 0.5) is 11.5 Å². The van der Waals surface area contributed by atoms with Crippen molar-refractivity contribution in [3.63, 3.8) is 0 Å². The summed E-state index contributed by atoms with van der Waals surface area (Å²) in [6.45, 7) is 2.20. The molecule has 0 radical (unpaired) electrons. The van der Waals surface area contributed by atoms with Crippen molar-refractivity contribution in [3.05, 3.63) is 77.1 Å². The second-order valence-electron chi connectivity index (χ2n) is 7.46. The summed E-state index contributed by atoms with van der Waals surface area (Å²) in [5.74, 6) is 1.08. The van der Waals surface area contributed by atoms with Crippen molar-refractivity contribution in [1.29, 1.82) is 0 Å². The quantitative estimate of drug-likeness (QED) is 0.522. The van der Waals surface area contributed by atoms with Gasteiger partial charge in [0.2, 0.25) is 5.91 Å². The Morgan fingerprint density at radius 3 is 2.52 bits per heavy atom. The maximum atomic E-state index is 12.9. The fourth-order valence-electron chi connectivity index (χ4n) is 3.49. The van der Waals surface area contributed by atoms with Crippen molar-refractivity contribution >= 4 is 28.4 Å². The average Bonchev–Trinajstić information content (AvgIpc) is 3.19. The van der Waals surface area contributed by atoms with Gasteiger partial charge in [0.25, 0.3) is 5.56 Å². The summed E-state index contributed by atoms with van der Waals surface area (Å²) in [6, 6.07) is 15.0. The third-order valence-corrected chi connectivity index (χ3v) is 5.08. The number of nitrogens with one attached hydrogen (secondary N) is 1. The van der Waals surface area contributed by atoms with Crippen LogP contribution in [-0.4, -0.2) is 39.1 Å². The Labute approximate surface area is 179 Å². The second-order valence-corrected chi connectivity index (χ2v) is 7.46. The number of aromatic nitrogens is 4. The van der Waals surface area contributed by atoms with E-state index in [9.17, 15) is 9.59 Å². The highest BCUT2D eigenvalue weighted by molar-refractivity contribution is 5.90. The van der Waals surface area contributed by atoms with Crippen LogP contribution in [0.15, 0.2) is 65.7 Å². The normalized spacial score (nSPS) is 10.9. The van der Waals surface area contributed by atoms with Gasteiger partial charge in [-0.2, -0.15) is 0 Å². The van der Waals surface area contributed by atoms with Crippen LogP contribution in [0.2, 0.25) is 0 Å². The number of rotatable bonds is 6.